The number of fused-ring (bicyclic) bond motifs is 1. The highest BCUT2D eigenvalue weighted by Crippen LogP contribution is 2.22. The number of carbonyl (C=O) groups is 1. The van der Waals surface area contributed by atoms with Crippen LogP contribution in [0.4, 0.5) is 10.3 Å². The number of aryl methyl sites for hydroxylation is 2. The Morgan fingerprint density at radius 2 is 1.73 bits per heavy atom. The van der Waals surface area contributed by atoms with Crippen LogP contribution in [0, 0.1) is 12.7 Å². The number of anilines is 1. The zero-order valence-electron chi connectivity index (χ0n) is 17.6. The van der Waals surface area contributed by atoms with Gasteiger partial charge in [0.25, 0.3) is 11.5 Å². The van der Waals surface area contributed by atoms with Gasteiger partial charge in [0.1, 0.15) is 11.3 Å². The Kier molecular flexibility index (Phi) is 5.05. The summed E-state index contributed by atoms with van der Waals surface area (Å²) in [6, 6.07) is 5.52. The Morgan fingerprint density at radius 3 is 2.33 bits per heavy atom. The average Bonchev–Trinajstić information content (AvgIpc) is 3.01. The van der Waals surface area contributed by atoms with Crippen LogP contribution in [0.1, 0.15) is 35.9 Å². The van der Waals surface area contributed by atoms with E-state index in [4.69, 9.17) is 4.98 Å². The SMILES string of the molecule is Cc1nn(C)c2c(=O)n(C(C)C)c(N3CCN(C(=O)c4ccc(F)cc4)CC3)nc12. The lowest BCUT2D eigenvalue weighted by Crippen LogP contribution is -2.50. The first-order chi connectivity index (χ1) is 14.3. The lowest BCUT2D eigenvalue weighted by molar-refractivity contribution is 0.0746. The maximum atomic E-state index is 13.2. The number of nitrogens with zero attached hydrogens (tertiary/aromatic N) is 6. The third-order valence-corrected chi connectivity index (χ3v) is 5.50. The normalized spacial score (nSPS) is 14.7. The Hall–Kier alpha value is -3.23. The minimum atomic E-state index is -0.366. The first kappa shape index (κ1) is 20.1. The van der Waals surface area contributed by atoms with Crippen molar-refractivity contribution in [2.45, 2.75) is 26.8 Å². The summed E-state index contributed by atoms with van der Waals surface area (Å²) in [6.45, 7) is 7.85. The fourth-order valence-electron chi connectivity index (χ4n) is 3.95. The van der Waals surface area contributed by atoms with Gasteiger partial charge in [-0.05, 0) is 45.0 Å². The van der Waals surface area contributed by atoms with Crippen LogP contribution >= 0.6 is 0 Å². The summed E-state index contributed by atoms with van der Waals surface area (Å²) in [5.41, 5.74) is 2.17. The zero-order valence-corrected chi connectivity index (χ0v) is 17.6. The molecule has 1 aromatic carbocycles. The van der Waals surface area contributed by atoms with E-state index < -0.39 is 0 Å². The molecule has 0 atom stereocenters. The van der Waals surface area contributed by atoms with E-state index in [-0.39, 0.29) is 23.3 Å². The number of carbonyl (C=O) groups excluding carboxylic acids is 1. The molecule has 0 spiro atoms. The van der Waals surface area contributed by atoms with Crippen molar-refractivity contribution in [1.29, 1.82) is 0 Å². The zero-order chi connectivity index (χ0) is 21.6. The molecule has 0 bridgehead atoms. The third-order valence-electron chi connectivity index (χ3n) is 5.50. The van der Waals surface area contributed by atoms with Gasteiger partial charge < -0.3 is 9.80 Å². The molecule has 2 aromatic heterocycles. The highest BCUT2D eigenvalue weighted by atomic mass is 19.1. The van der Waals surface area contributed by atoms with Crippen LogP contribution in [0.5, 0.6) is 0 Å². The minimum absolute atomic E-state index is 0.0708. The van der Waals surface area contributed by atoms with E-state index in [1.807, 2.05) is 25.7 Å². The molecule has 1 saturated heterocycles. The largest absolute Gasteiger partial charge is 0.339 e. The first-order valence-corrected chi connectivity index (χ1v) is 10.0. The lowest BCUT2D eigenvalue weighted by Gasteiger charge is -2.36. The summed E-state index contributed by atoms with van der Waals surface area (Å²) in [5.74, 6) is 0.116. The molecule has 158 valence electrons. The second-order valence-corrected chi connectivity index (χ2v) is 7.87. The molecule has 1 amide bonds. The summed E-state index contributed by atoms with van der Waals surface area (Å²) in [5, 5.41) is 4.36. The second-order valence-electron chi connectivity index (χ2n) is 7.87. The van der Waals surface area contributed by atoms with Crippen molar-refractivity contribution >= 4 is 22.9 Å². The van der Waals surface area contributed by atoms with Gasteiger partial charge in [0, 0.05) is 44.8 Å². The summed E-state index contributed by atoms with van der Waals surface area (Å²) in [4.78, 5) is 34.5. The minimum Gasteiger partial charge on any atom is -0.339 e. The molecule has 3 aromatic rings. The van der Waals surface area contributed by atoms with E-state index in [1.165, 1.54) is 24.3 Å². The van der Waals surface area contributed by atoms with Crippen molar-refractivity contribution in [2.75, 3.05) is 31.1 Å². The summed E-state index contributed by atoms with van der Waals surface area (Å²) in [7, 11) is 1.75. The summed E-state index contributed by atoms with van der Waals surface area (Å²) in [6.07, 6.45) is 0. The van der Waals surface area contributed by atoms with E-state index >= 15 is 0 Å². The molecular formula is C21H25FN6O2. The van der Waals surface area contributed by atoms with Gasteiger partial charge in [-0.2, -0.15) is 5.10 Å². The molecule has 0 saturated carbocycles. The Balaban J connectivity index is 1.62. The topological polar surface area (TPSA) is 76.3 Å². The van der Waals surface area contributed by atoms with Crippen molar-refractivity contribution < 1.29 is 9.18 Å². The molecule has 1 aliphatic rings. The molecule has 0 radical (unpaired) electrons. The van der Waals surface area contributed by atoms with Gasteiger partial charge in [-0.1, -0.05) is 0 Å². The number of rotatable bonds is 3. The van der Waals surface area contributed by atoms with Crippen LogP contribution < -0.4 is 10.5 Å². The number of halogens is 1. The van der Waals surface area contributed by atoms with Gasteiger partial charge >= 0.3 is 0 Å². The van der Waals surface area contributed by atoms with E-state index in [0.29, 0.717) is 54.4 Å². The molecular weight excluding hydrogens is 387 g/mol. The number of hydrogen-bond acceptors (Lipinski definition) is 5. The molecule has 1 aliphatic heterocycles. The van der Waals surface area contributed by atoms with Crippen LogP contribution in [-0.4, -0.2) is 56.3 Å². The second kappa shape index (κ2) is 7.55. The molecule has 0 unspecified atom stereocenters. The molecule has 8 nitrogen and oxygen atoms in total. The fraction of sp³-hybridized carbons (Fsp3) is 0.429. The molecule has 3 heterocycles. The van der Waals surface area contributed by atoms with Gasteiger partial charge in [-0.3, -0.25) is 18.8 Å². The molecule has 30 heavy (non-hydrogen) atoms. The fourth-order valence-corrected chi connectivity index (χ4v) is 3.95. The standard InChI is InChI=1S/C21H25FN6O2/c1-13(2)28-20(30)18-17(14(3)24-25(18)4)23-21(28)27-11-9-26(10-12-27)19(29)15-5-7-16(22)8-6-15/h5-8,13H,9-12H2,1-4H3. The van der Waals surface area contributed by atoms with Gasteiger partial charge in [0.15, 0.2) is 5.52 Å². The number of piperazine rings is 1. The number of benzene rings is 1. The third kappa shape index (κ3) is 3.34. The van der Waals surface area contributed by atoms with Crippen LogP contribution in [0.15, 0.2) is 29.1 Å². The van der Waals surface area contributed by atoms with Crippen LogP contribution in [-0.2, 0) is 7.05 Å². The predicted molar refractivity (Wildman–Crippen MR) is 112 cm³/mol. The van der Waals surface area contributed by atoms with E-state index in [9.17, 15) is 14.0 Å². The maximum absolute atomic E-state index is 13.2. The number of amides is 1. The monoisotopic (exact) mass is 412 g/mol. The number of hydrogen-bond donors (Lipinski definition) is 0. The van der Waals surface area contributed by atoms with Crippen molar-refractivity contribution in [3.8, 4) is 0 Å². The van der Waals surface area contributed by atoms with Crippen LogP contribution in [0.25, 0.3) is 11.0 Å². The average molecular weight is 412 g/mol. The van der Waals surface area contributed by atoms with E-state index in [0.717, 1.165) is 0 Å². The molecule has 4 rings (SSSR count). The Labute approximate surface area is 173 Å². The molecule has 9 heteroatoms. The van der Waals surface area contributed by atoms with E-state index in [1.54, 1.807) is 21.2 Å². The van der Waals surface area contributed by atoms with Crippen molar-refractivity contribution in [2.24, 2.45) is 7.05 Å². The van der Waals surface area contributed by atoms with Gasteiger partial charge in [0.2, 0.25) is 5.95 Å². The molecule has 0 N–H and O–H groups in total. The Bertz CT molecular complexity index is 1160. The van der Waals surface area contributed by atoms with E-state index in [2.05, 4.69) is 5.10 Å². The summed E-state index contributed by atoms with van der Waals surface area (Å²) < 4.78 is 16.4. The number of aromatic nitrogens is 4. The smallest absolute Gasteiger partial charge is 0.281 e. The Morgan fingerprint density at radius 1 is 1.10 bits per heavy atom. The molecule has 1 fully saturated rings. The quantitative estimate of drug-likeness (QED) is 0.659. The predicted octanol–water partition coefficient (Wildman–Crippen LogP) is 2.12. The van der Waals surface area contributed by atoms with Crippen molar-refractivity contribution in [1.82, 2.24) is 24.2 Å². The molecule has 0 aliphatic carbocycles. The van der Waals surface area contributed by atoms with Crippen LogP contribution in [0.3, 0.4) is 0 Å². The van der Waals surface area contributed by atoms with Gasteiger partial charge in [-0.15, -0.1) is 0 Å². The van der Waals surface area contributed by atoms with Crippen molar-refractivity contribution in [3.05, 3.63) is 51.7 Å². The van der Waals surface area contributed by atoms with Gasteiger partial charge in [-0.25, -0.2) is 9.37 Å². The highest BCUT2D eigenvalue weighted by Gasteiger charge is 2.27. The first-order valence-electron chi connectivity index (χ1n) is 10.0. The maximum Gasteiger partial charge on any atom is 0.281 e. The van der Waals surface area contributed by atoms with Crippen LogP contribution in [0.2, 0.25) is 0 Å². The highest BCUT2D eigenvalue weighted by molar-refractivity contribution is 5.94. The lowest BCUT2D eigenvalue weighted by atomic mass is 10.2. The van der Waals surface area contributed by atoms with Crippen molar-refractivity contribution in [3.63, 3.8) is 0 Å². The van der Waals surface area contributed by atoms with Gasteiger partial charge in [0.05, 0.1) is 5.69 Å². The summed E-state index contributed by atoms with van der Waals surface area (Å²) >= 11 is 0.